The molecule has 3 rings (SSSR count). The van der Waals surface area contributed by atoms with Gasteiger partial charge in [-0.2, -0.15) is 0 Å². The van der Waals surface area contributed by atoms with E-state index in [2.05, 4.69) is 22.3 Å². The number of rotatable bonds is 4. The van der Waals surface area contributed by atoms with Crippen LogP contribution in [0.3, 0.4) is 0 Å². The molecule has 0 aromatic heterocycles. The molecule has 0 bridgehead atoms. The summed E-state index contributed by atoms with van der Waals surface area (Å²) >= 11 is 0. The fraction of sp³-hybridized carbons (Fsp3) is 0.409. The van der Waals surface area contributed by atoms with Crippen molar-refractivity contribution in [3.63, 3.8) is 0 Å². The van der Waals surface area contributed by atoms with Crippen molar-refractivity contribution in [2.75, 3.05) is 13.1 Å². The standard InChI is InChI=1S/C22H27FN2O2/c1-22(2,3)27-21(26)24-20-15-25(13-16-8-5-4-6-9-16)14-19(20)17-10-7-11-18(23)12-17/h4-12,19-20H,13-15H2,1-3H3,(H,24,26)/t19-,20-/m0/s1. The first kappa shape index (κ1) is 19.4. The third-order valence-corrected chi connectivity index (χ3v) is 4.62. The molecule has 0 unspecified atom stereocenters. The van der Waals surface area contributed by atoms with Crippen molar-refractivity contribution >= 4 is 6.09 Å². The van der Waals surface area contributed by atoms with Gasteiger partial charge in [0.2, 0.25) is 0 Å². The van der Waals surface area contributed by atoms with Gasteiger partial charge >= 0.3 is 6.09 Å². The van der Waals surface area contributed by atoms with Gasteiger partial charge in [0.15, 0.2) is 0 Å². The Kier molecular flexibility index (Phi) is 5.80. The summed E-state index contributed by atoms with van der Waals surface area (Å²) in [6.07, 6.45) is -0.435. The van der Waals surface area contributed by atoms with Crippen molar-refractivity contribution < 1.29 is 13.9 Å². The molecule has 0 saturated carbocycles. The van der Waals surface area contributed by atoms with E-state index >= 15 is 0 Å². The van der Waals surface area contributed by atoms with Crippen LogP contribution < -0.4 is 5.32 Å². The Labute approximate surface area is 160 Å². The second-order valence-corrected chi connectivity index (χ2v) is 8.09. The van der Waals surface area contributed by atoms with Crippen LogP contribution in [-0.2, 0) is 11.3 Å². The molecule has 2 atom stereocenters. The molecule has 144 valence electrons. The van der Waals surface area contributed by atoms with E-state index in [1.165, 1.54) is 11.6 Å². The fourth-order valence-electron chi connectivity index (χ4n) is 3.54. The van der Waals surface area contributed by atoms with E-state index in [0.717, 1.165) is 18.7 Å². The van der Waals surface area contributed by atoms with Gasteiger partial charge in [-0.15, -0.1) is 0 Å². The number of hydrogen-bond donors (Lipinski definition) is 1. The maximum Gasteiger partial charge on any atom is 0.407 e. The summed E-state index contributed by atoms with van der Waals surface area (Å²) in [7, 11) is 0. The number of amides is 1. The summed E-state index contributed by atoms with van der Waals surface area (Å²) in [5.74, 6) is -0.248. The molecule has 5 heteroatoms. The maximum atomic E-state index is 13.8. The number of hydrogen-bond acceptors (Lipinski definition) is 3. The van der Waals surface area contributed by atoms with Crippen LogP contribution >= 0.6 is 0 Å². The lowest BCUT2D eigenvalue weighted by Gasteiger charge is -2.24. The van der Waals surface area contributed by atoms with Gasteiger partial charge in [0.25, 0.3) is 0 Å². The summed E-state index contributed by atoms with van der Waals surface area (Å²) in [4.78, 5) is 14.6. The Hall–Kier alpha value is -2.40. The van der Waals surface area contributed by atoms with Crippen LogP contribution in [0.15, 0.2) is 54.6 Å². The Bertz CT molecular complexity index is 773. The Morgan fingerprint density at radius 1 is 1.15 bits per heavy atom. The van der Waals surface area contributed by atoms with E-state index in [9.17, 15) is 9.18 Å². The van der Waals surface area contributed by atoms with Crippen LogP contribution in [0, 0.1) is 5.82 Å². The highest BCUT2D eigenvalue weighted by Crippen LogP contribution is 2.29. The van der Waals surface area contributed by atoms with E-state index in [1.54, 1.807) is 12.1 Å². The highest BCUT2D eigenvalue weighted by Gasteiger charge is 2.35. The molecule has 4 nitrogen and oxygen atoms in total. The third kappa shape index (κ3) is 5.54. The molecule has 2 aromatic carbocycles. The number of ether oxygens (including phenoxy) is 1. The zero-order chi connectivity index (χ0) is 19.4. The first-order valence-corrected chi connectivity index (χ1v) is 9.31. The first-order chi connectivity index (χ1) is 12.8. The summed E-state index contributed by atoms with van der Waals surface area (Å²) in [6, 6.07) is 16.7. The molecule has 1 aliphatic heterocycles. The van der Waals surface area contributed by atoms with Crippen molar-refractivity contribution in [2.45, 2.75) is 44.9 Å². The molecule has 0 spiro atoms. The van der Waals surface area contributed by atoms with E-state index in [0.29, 0.717) is 6.54 Å². The molecule has 1 N–H and O–H groups in total. The van der Waals surface area contributed by atoms with Gasteiger partial charge in [-0.25, -0.2) is 9.18 Å². The van der Waals surface area contributed by atoms with Crippen LogP contribution in [0.5, 0.6) is 0 Å². The van der Waals surface area contributed by atoms with Crippen molar-refractivity contribution in [1.82, 2.24) is 10.2 Å². The highest BCUT2D eigenvalue weighted by molar-refractivity contribution is 5.68. The molecule has 27 heavy (non-hydrogen) atoms. The molecule has 1 amide bonds. The number of nitrogens with one attached hydrogen (secondary N) is 1. The van der Waals surface area contributed by atoms with Crippen molar-refractivity contribution in [3.05, 3.63) is 71.5 Å². The molecular formula is C22H27FN2O2. The summed E-state index contributed by atoms with van der Waals surface area (Å²) < 4.78 is 19.2. The number of carbonyl (C=O) groups is 1. The van der Waals surface area contributed by atoms with Crippen molar-refractivity contribution in [3.8, 4) is 0 Å². The average Bonchev–Trinajstić information content (AvgIpc) is 2.96. The normalized spacial score (nSPS) is 20.4. The minimum atomic E-state index is -0.555. The molecule has 1 saturated heterocycles. The van der Waals surface area contributed by atoms with Gasteiger partial charge in [-0.05, 0) is 44.0 Å². The van der Waals surface area contributed by atoms with E-state index in [-0.39, 0.29) is 17.8 Å². The van der Waals surface area contributed by atoms with Gasteiger partial charge in [-0.3, -0.25) is 4.90 Å². The molecule has 0 radical (unpaired) electrons. The summed E-state index contributed by atoms with van der Waals surface area (Å²) in [5, 5.41) is 2.99. The predicted molar refractivity (Wildman–Crippen MR) is 104 cm³/mol. The van der Waals surface area contributed by atoms with E-state index in [4.69, 9.17) is 4.74 Å². The van der Waals surface area contributed by atoms with E-state index < -0.39 is 11.7 Å². The van der Waals surface area contributed by atoms with Gasteiger partial charge in [0, 0.05) is 25.6 Å². The van der Waals surface area contributed by atoms with Crippen LogP contribution in [0.1, 0.15) is 37.8 Å². The van der Waals surface area contributed by atoms with Crippen molar-refractivity contribution in [1.29, 1.82) is 0 Å². The predicted octanol–water partition coefficient (Wildman–Crippen LogP) is 4.32. The van der Waals surface area contributed by atoms with Crippen molar-refractivity contribution in [2.24, 2.45) is 0 Å². The lowest BCUT2D eigenvalue weighted by atomic mass is 9.94. The first-order valence-electron chi connectivity index (χ1n) is 9.31. The Morgan fingerprint density at radius 3 is 2.56 bits per heavy atom. The lowest BCUT2D eigenvalue weighted by Crippen LogP contribution is -2.42. The number of carbonyl (C=O) groups excluding carboxylic acids is 1. The topological polar surface area (TPSA) is 41.6 Å². The van der Waals surface area contributed by atoms with Crippen LogP contribution in [0.25, 0.3) is 0 Å². The number of halogens is 1. The molecule has 1 aliphatic rings. The Balaban J connectivity index is 1.75. The fourth-order valence-corrected chi connectivity index (χ4v) is 3.54. The summed E-state index contributed by atoms with van der Waals surface area (Å²) in [5.41, 5.74) is 1.56. The van der Waals surface area contributed by atoms with Crippen LogP contribution in [0.2, 0.25) is 0 Å². The minimum Gasteiger partial charge on any atom is -0.444 e. The number of alkyl carbamates (subject to hydrolysis) is 1. The zero-order valence-corrected chi connectivity index (χ0v) is 16.1. The van der Waals surface area contributed by atoms with E-state index in [1.807, 2.05) is 45.0 Å². The lowest BCUT2D eigenvalue weighted by molar-refractivity contribution is 0.0502. The smallest absolute Gasteiger partial charge is 0.407 e. The summed E-state index contributed by atoms with van der Waals surface area (Å²) in [6.45, 7) is 7.75. The van der Waals surface area contributed by atoms with Crippen LogP contribution in [-0.4, -0.2) is 35.7 Å². The number of nitrogens with zero attached hydrogens (tertiary/aromatic N) is 1. The number of benzene rings is 2. The highest BCUT2D eigenvalue weighted by atomic mass is 19.1. The molecule has 1 fully saturated rings. The maximum absolute atomic E-state index is 13.8. The largest absolute Gasteiger partial charge is 0.444 e. The minimum absolute atomic E-state index is 0.0110. The van der Waals surface area contributed by atoms with Crippen LogP contribution in [0.4, 0.5) is 9.18 Å². The molecular weight excluding hydrogens is 343 g/mol. The monoisotopic (exact) mass is 370 g/mol. The average molecular weight is 370 g/mol. The van der Waals surface area contributed by atoms with Gasteiger partial charge in [0.1, 0.15) is 11.4 Å². The zero-order valence-electron chi connectivity index (χ0n) is 16.1. The number of likely N-dealkylation sites (tertiary alicyclic amines) is 1. The third-order valence-electron chi connectivity index (χ3n) is 4.62. The second kappa shape index (κ2) is 8.09. The quantitative estimate of drug-likeness (QED) is 0.872. The Morgan fingerprint density at radius 2 is 1.89 bits per heavy atom. The SMILES string of the molecule is CC(C)(C)OC(=O)N[C@H]1CN(Cc2ccccc2)C[C@H]1c1cccc(F)c1. The molecule has 0 aliphatic carbocycles. The molecule has 2 aromatic rings. The van der Waals surface area contributed by atoms with Gasteiger partial charge < -0.3 is 10.1 Å². The molecule has 1 heterocycles. The van der Waals surface area contributed by atoms with Gasteiger partial charge in [0.05, 0.1) is 6.04 Å². The van der Waals surface area contributed by atoms with Gasteiger partial charge in [-0.1, -0.05) is 42.5 Å². The second-order valence-electron chi connectivity index (χ2n) is 8.09.